The minimum Gasteiger partial charge on any atom is -0.423 e. The van der Waals surface area contributed by atoms with Crippen LogP contribution in [0.25, 0.3) is 0 Å². The minimum absolute atomic E-state index is 0.0643. The summed E-state index contributed by atoms with van der Waals surface area (Å²) in [7, 11) is -3.42. The number of aliphatic hydroxyl groups is 1. The highest BCUT2D eigenvalue weighted by Gasteiger charge is 2.27. The van der Waals surface area contributed by atoms with Gasteiger partial charge in [0.15, 0.2) is 15.6 Å². The van der Waals surface area contributed by atoms with Gasteiger partial charge in [0.25, 0.3) is 0 Å². The van der Waals surface area contributed by atoms with E-state index < -0.39 is 21.9 Å². The molecule has 1 atom stereocenters. The van der Waals surface area contributed by atoms with E-state index in [0.29, 0.717) is 5.69 Å². The second-order valence-electron chi connectivity index (χ2n) is 5.52. The molecule has 1 aromatic carbocycles. The van der Waals surface area contributed by atoms with Gasteiger partial charge in [0, 0.05) is 12.6 Å². The molecule has 1 amide bonds. The van der Waals surface area contributed by atoms with E-state index in [2.05, 4.69) is 5.32 Å². The molecule has 2 rings (SSSR count). The fourth-order valence-corrected chi connectivity index (χ4v) is 3.12. The Balaban J connectivity index is 2.23. The molecule has 9 heteroatoms. The molecular weight excluding hydrogens is 336 g/mol. The Morgan fingerprint density at radius 1 is 1.46 bits per heavy atom. The molecule has 0 saturated carbocycles. The second-order valence-corrected chi connectivity index (χ2v) is 7.79. The number of ether oxygens (including phenoxy) is 1. The van der Waals surface area contributed by atoms with Gasteiger partial charge in [-0.1, -0.05) is 6.92 Å². The third-order valence-corrected chi connectivity index (χ3v) is 5.22. The van der Waals surface area contributed by atoms with Gasteiger partial charge in [0.2, 0.25) is 5.91 Å². The van der Waals surface area contributed by atoms with Crippen molar-refractivity contribution in [3.63, 3.8) is 0 Å². The second kappa shape index (κ2) is 7.18. The van der Waals surface area contributed by atoms with Gasteiger partial charge >= 0.3 is 5.97 Å². The first-order valence-electron chi connectivity index (χ1n) is 7.50. The third-order valence-electron chi connectivity index (χ3n) is 3.48. The molecule has 0 saturated heterocycles. The van der Waals surface area contributed by atoms with Gasteiger partial charge in [-0.2, -0.15) is 0 Å². The molecule has 24 heavy (non-hydrogen) atoms. The summed E-state index contributed by atoms with van der Waals surface area (Å²) in [5, 5.41) is 11.7. The van der Waals surface area contributed by atoms with Crippen LogP contribution in [0.2, 0.25) is 0 Å². The summed E-state index contributed by atoms with van der Waals surface area (Å²) in [6.07, 6.45) is -0.672. The van der Waals surface area contributed by atoms with Crippen LogP contribution in [-0.4, -0.2) is 56.9 Å². The fourth-order valence-electron chi connectivity index (χ4n) is 2.23. The number of hydrogen-bond donors (Lipinski definition) is 2. The van der Waals surface area contributed by atoms with E-state index in [1.807, 2.05) is 0 Å². The number of aliphatic hydroxyl groups excluding tert-OH is 1. The van der Waals surface area contributed by atoms with E-state index in [1.165, 1.54) is 30.0 Å². The largest absolute Gasteiger partial charge is 0.423 e. The number of nitrogens with one attached hydrogen (secondary N) is 1. The number of anilines is 1. The molecule has 132 valence electrons. The Bertz CT molecular complexity index is 744. The van der Waals surface area contributed by atoms with Gasteiger partial charge in [0.05, 0.1) is 29.0 Å². The van der Waals surface area contributed by atoms with Crippen molar-refractivity contribution in [3.8, 4) is 5.75 Å². The van der Waals surface area contributed by atoms with Crippen LogP contribution in [0.1, 0.15) is 13.8 Å². The molecule has 8 nitrogen and oxygen atoms in total. The van der Waals surface area contributed by atoms with Crippen molar-refractivity contribution in [1.82, 2.24) is 5.32 Å². The average molecular weight is 356 g/mol. The number of carbonyl (C=O) groups excluding carboxylic acids is 2. The normalized spacial score (nSPS) is 15.5. The van der Waals surface area contributed by atoms with E-state index in [-0.39, 0.29) is 41.9 Å². The first kappa shape index (κ1) is 18.2. The monoisotopic (exact) mass is 356 g/mol. The number of amides is 1. The third kappa shape index (κ3) is 4.24. The number of esters is 1. The quantitative estimate of drug-likeness (QED) is 0.531. The predicted octanol–water partition coefficient (Wildman–Crippen LogP) is -0.297. The number of hydrogen-bond acceptors (Lipinski definition) is 7. The van der Waals surface area contributed by atoms with Crippen LogP contribution in [0, 0.1) is 0 Å². The van der Waals surface area contributed by atoms with E-state index in [4.69, 9.17) is 4.74 Å². The maximum Gasteiger partial charge on any atom is 0.331 e. The summed E-state index contributed by atoms with van der Waals surface area (Å²) in [6.45, 7) is 2.96. The van der Waals surface area contributed by atoms with Crippen LogP contribution in [0.15, 0.2) is 23.1 Å². The number of nitrogens with zero attached hydrogens (tertiary/aromatic N) is 1. The summed E-state index contributed by atoms with van der Waals surface area (Å²) in [5.41, 5.74) is 0.469. The molecule has 1 aliphatic rings. The van der Waals surface area contributed by atoms with E-state index in [0.717, 1.165) is 0 Å². The molecule has 0 spiro atoms. The average Bonchev–Trinajstić information content (AvgIpc) is 2.52. The van der Waals surface area contributed by atoms with Crippen LogP contribution in [0.4, 0.5) is 5.69 Å². The molecule has 1 unspecified atom stereocenters. The van der Waals surface area contributed by atoms with Crippen LogP contribution < -0.4 is 15.0 Å². The zero-order valence-corrected chi connectivity index (χ0v) is 14.3. The van der Waals surface area contributed by atoms with Crippen LogP contribution in [-0.2, 0) is 19.4 Å². The highest BCUT2D eigenvalue weighted by molar-refractivity contribution is 7.91. The smallest absolute Gasteiger partial charge is 0.331 e. The maximum atomic E-state index is 11.9. The number of rotatable bonds is 6. The van der Waals surface area contributed by atoms with Crippen molar-refractivity contribution in [3.05, 3.63) is 18.2 Å². The summed E-state index contributed by atoms with van der Waals surface area (Å²) in [5.74, 6) is -0.881. The lowest BCUT2D eigenvalue weighted by Gasteiger charge is -2.29. The number of benzene rings is 1. The molecule has 0 aliphatic carbocycles. The maximum absolute atomic E-state index is 11.9. The number of fused-ring (bicyclic) bond motifs is 1. The van der Waals surface area contributed by atoms with Gasteiger partial charge in [-0.05, 0) is 19.1 Å². The summed E-state index contributed by atoms with van der Waals surface area (Å²) < 4.78 is 29.0. The number of sulfone groups is 1. The van der Waals surface area contributed by atoms with E-state index in [9.17, 15) is 23.1 Å². The van der Waals surface area contributed by atoms with Crippen molar-refractivity contribution in [2.45, 2.75) is 24.8 Å². The highest BCUT2D eigenvalue weighted by Crippen LogP contribution is 2.34. The lowest BCUT2D eigenvalue weighted by molar-refractivity contribution is -0.133. The van der Waals surface area contributed by atoms with E-state index >= 15 is 0 Å². The standard InChI is InChI=1S/C15H20N2O6S/c1-3-24(21,22)11-4-5-12-13(6-11)23-15(20)9-17(12)8-14(19)16-7-10(2)18/h4-6,10,18H,3,7-9H2,1-2H3,(H,16,19). The Labute approximate surface area is 140 Å². The molecule has 1 heterocycles. The molecule has 0 bridgehead atoms. The lowest BCUT2D eigenvalue weighted by Crippen LogP contribution is -2.44. The molecule has 1 aromatic rings. The van der Waals surface area contributed by atoms with Crippen molar-refractivity contribution in [1.29, 1.82) is 0 Å². The predicted molar refractivity (Wildman–Crippen MR) is 86.7 cm³/mol. The molecule has 0 fully saturated rings. The molecule has 0 radical (unpaired) electrons. The highest BCUT2D eigenvalue weighted by atomic mass is 32.2. The van der Waals surface area contributed by atoms with Gasteiger partial charge in [-0.3, -0.25) is 4.79 Å². The van der Waals surface area contributed by atoms with Crippen LogP contribution in [0.3, 0.4) is 0 Å². The van der Waals surface area contributed by atoms with Gasteiger partial charge in [0.1, 0.15) is 6.54 Å². The topological polar surface area (TPSA) is 113 Å². The first-order valence-corrected chi connectivity index (χ1v) is 9.15. The van der Waals surface area contributed by atoms with Gasteiger partial charge < -0.3 is 20.1 Å². The van der Waals surface area contributed by atoms with Crippen LogP contribution in [0.5, 0.6) is 5.75 Å². The van der Waals surface area contributed by atoms with Crippen molar-refractivity contribution in [2.24, 2.45) is 0 Å². The summed E-state index contributed by atoms with van der Waals surface area (Å²) >= 11 is 0. The zero-order valence-electron chi connectivity index (χ0n) is 13.5. The molecule has 2 N–H and O–H groups in total. The van der Waals surface area contributed by atoms with Crippen LogP contribution >= 0.6 is 0 Å². The minimum atomic E-state index is -3.42. The molecule has 0 aromatic heterocycles. The van der Waals surface area contributed by atoms with E-state index in [1.54, 1.807) is 6.92 Å². The first-order chi connectivity index (χ1) is 11.2. The fraction of sp³-hybridized carbons (Fsp3) is 0.467. The Hall–Kier alpha value is -2.13. The Morgan fingerprint density at radius 2 is 2.17 bits per heavy atom. The zero-order chi connectivity index (χ0) is 17.9. The Morgan fingerprint density at radius 3 is 2.79 bits per heavy atom. The lowest BCUT2D eigenvalue weighted by atomic mass is 10.2. The van der Waals surface area contributed by atoms with Crippen molar-refractivity contribution < 1.29 is 27.9 Å². The Kier molecular flexibility index (Phi) is 5.45. The summed E-state index contributed by atoms with van der Waals surface area (Å²) in [4.78, 5) is 25.2. The van der Waals surface area contributed by atoms with Gasteiger partial charge in [-0.25, -0.2) is 13.2 Å². The molecule has 1 aliphatic heterocycles. The molecular formula is C15H20N2O6S. The van der Waals surface area contributed by atoms with Crippen molar-refractivity contribution >= 4 is 27.4 Å². The number of carbonyl (C=O) groups is 2. The van der Waals surface area contributed by atoms with Gasteiger partial charge in [-0.15, -0.1) is 0 Å². The summed E-state index contributed by atoms with van der Waals surface area (Å²) in [6, 6.07) is 4.25. The van der Waals surface area contributed by atoms with Crippen molar-refractivity contribution in [2.75, 3.05) is 30.3 Å². The SMILES string of the molecule is CCS(=O)(=O)c1ccc2c(c1)OC(=O)CN2CC(=O)NCC(C)O.